The van der Waals surface area contributed by atoms with E-state index in [-0.39, 0.29) is 18.5 Å². The molecule has 1 aromatic rings. The minimum Gasteiger partial charge on any atom is -0.480 e. The van der Waals surface area contributed by atoms with Gasteiger partial charge in [-0.25, -0.2) is 0 Å². The van der Waals surface area contributed by atoms with E-state index >= 15 is 0 Å². The number of carbonyl (C=O) groups excluding carboxylic acids is 1. The lowest BCUT2D eigenvalue weighted by Crippen LogP contribution is -2.37. The van der Waals surface area contributed by atoms with Crippen molar-refractivity contribution in [1.82, 2.24) is 9.80 Å². The second kappa shape index (κ2) is 7.34. The Morgan fingerprint density at radius 3 is 2.83 bits per heavy atom. The van der Waals surface area contributed by atoms with Crippen LogP contribution in [0.1, 0.15) is 47.2 Å². The monoisotopic (exact) mass is 330 g/mol. The first kappa shape index (κ1) is 17.0. The van der Waals surface area contributed by atoms with Crippen LogP contribution in [0.15, 0.2) is 18.2 Å². The van der Waals surface area contributed by atoms with Crippen LogP contribution in [0, 0.1) is 0 Å². The van der Waals surface area contributed by atoms with Gasteiger partial charge in [0.2, 0.25) is 0 Å². The van der Waals surface area contributed by atoms with Gasteiger partial charge in [0, 0.05) is 24.7 Å². The number of likely N-dealkylation sites (N-methyl/N-ethyl adjacent to an activating group) is 1. The average Bonchev–Trinajstić information content (AvgIpc) is 2.89. The summed E-state index contributed by atoms with van der Waals surface area (Å²) in [4.78, 5) is 27.7. The minimum atomic E-state index is -0.797. The highest BCUT2D eigenvalue weighted by molar-refractivity contribution is 5.96. The maximum atomic E-state index is 13.0. The van der Waals surface area contributed by atoms with Crippen LogP contribution < -0.4 is 0 Å². The van der Waals surface area contributed by atoms with Crippen LogP contribution in [0.5, 0.6) is 0 Å². The molecule has 0 radical (unpaired) electrons. The van der Waals surface area contributed by atoms with Crippen molar-refractivity contribution in [2.24, 2.45) is 0 Å². The molecule has 1 fully saturated rings. The number of benzene rings is 1. The highest BCUT2D eigenvalue weighted by Crippen LogP contribution is 2.27. The van der Waals surface area contributed by atoms with Gasteiger partial charge in [0.05, 0.1) is 6.54 Å². The van der Waals surface area contributed by atoms with Crippen molar-refractivity contribution in [3.05, 3.63) is 34.9 Å². The van der Waals surface area contributed by atoms with Gasteiger partial charge in [-0.15, -0.1) is 0 Å². The summed E-state index contributed by atoms with van der Waals surface area (Å²) >= 11 is 0. The molecule has 1 aliphatic carbocycles. The molecule has 1 saturated heterocycles. The molecular formula is C19H26N2O3. The Morgan fingerprint density at radius 1 is 1.21 bits per heavy atom. The highest BCUT2D eigenvalue weighted by atomic mass is 16.4. The van der Waals surface area contributed by atoms with Crippen molar-refractivity contribution in [3.8, 4) is 0 Å². The number of likely N-dealkylation sites (tertiary alicyclic amines) is 1. The first-order valence-electron chi connectivity index (χ1n) is 8.88. The summed E-state index contributed by atoms with van der Waals surface area (Å²) in [6, 6.07) is 6.34. The number of carboxylic acid groups (broad SMARTS) is 1. The third-order valence-corrected chi connectivity index (χ3v) is 5.37. The third-order valence-electron chi connectivity index (χ3n) is 5.37. The summed E-state index contributed by atoms with van der Waals surface area (Å²) in [5.41, 5.74) is 3.45. The van der Waals surface area contributed by atoms with E-state index in [1.165, 1.54) is 11.1 Å². The first-order chi connectivity index (χ1) is 11.6. The Morgan fingerprint density at radius 2 is 2.04 bits per heavy atom. The molecule has 2 aliphatic rings. The van der Waals surface area contributed by atoms with Gasteiger partial charge in [0.25, 0.3) is 5.91 Å². The molecule has 1 aliphatic heterocycles. The number of aryl methyl sites for hydroxylation is 1. The normalized spacial score (nSPS) is 20.8. The van der Waals surface area contributed by atoms with Crippen molar-refractivity contribution in [1.29, 1.82) is 0 Å². The quantitative estimate of drug-likeness (QED) is 0.919. The summed E-state index contributed by atoms with van der Waals surface area (Å²) in [7, 11) is 1.86. The fourth-order valence-electron chi connectivity index (χ4n) is 4.06. The molecule has 5 heteroatoms. The molecule has 1 unspecified atom stereocenters. The summed E-state index contributed by atoms with van der Waals surface area (Å²) in [5.74, 6) is -0.648. The maximum absolute atomic E-state index is 13.0. The molecule has 1 heterocycles. The predicted molar refractivity (Wildman–Crippen MR) is 92.3 cm³/mol. The predicted octanol–water partition coefficient (Wildman–Crippen LogP) is 2.19. The lowest BCUT2D eigenvalue weighted by Gasteiger charge is -2.26. The minimum absolute atomic E-state index is 0.0603. The number of carboxylic acids is 1. The van der Waals surface area contributed by atoms with Gasteiger partial charge in [0.1, 0.15) is 0 Å². The Labute approximate surface area is 143 Å². The number of aliphatic carboxylic acids is 1. The van der Waals surface area contributed by atoms with Gasteiger partial charge < -0.3 is 10.0 Å². The van der Waals surface area contributed by atoms with E-state index in [1.807, 2.05) is 29.0 Å². The topological polar surface area (TPSA) is 60.9 Å². The number of fused-ring (bicyclic) bond motifs is 1. The van der Waals surface area contributed by atoms with E-state index in [1.54, 1.807) is 0 Å². The third kappa shape index (κ3) is 3.61. The summed E-state index contributed by atoms with van der Waals surface area (Å²) in [5, 5.41) is 8.96. The highest BCUT2D eigenvalue weighted by Gasteiger charge is 2.27. The molecule has 0 spiro atoms. The molecule has 3 rings (SSSR count). The van der Waals surface area contributed by atoms with Gasteiger partial charge in [-0.3, -0.25) is 14.5 Å². The lowest BCUT2D eigenvalue weighted by molar-refractivity contribution is -0.138. The largest absolute Gasteiger partial charge is 0.480 e. The second-order valence-corrected chi connectivity index (χ2v) is 6.98. The molecule has 1 atom stereocenters. The molecule has 1 N–H and O–H groups in total. The number of carbonyl (C=O) groups is 2. The zero-order valence-electron chi connectivity index (χ0n) is 14.3. The van der Waals surface area contributed by atoms with E-state index < -0.39 is 5.97 Å². The number of hydrogen-bond donors (Lipinski definition) is 1. The van der Waals surface area contributed by atoms with E-state index in [4.69, 9.17) is 5.11 Å². The standard InChI is InChI=1S/C19H26N2O3/c1-20(13-18(22)23)15-7-4-11-21(12-10-15)19(24)17-9-3-6-14-5-2-8-16(14)17/h3,6,9,15H,2,4-5,7-8,10-13H2,1H3,(H,22,23). The van der Waals surface area contributed by atoms with Crippen LogP contribution in [0.4, 0.5) is 0 Å². The van der Waals surface area contributed by atoms with Crippen LogP contribution in [0.2, 0.25) is 0 Å². The Balaban J connectivity index is 1.67. The summed E-state index contributed by atoms with van der Waals surface area (Å²) in [6.07, 6.45) is 5.94. The summed E-state index contributed by atoms with van der Waals surface area (Å²) < 4.78 is 0. The fraction of sp³-hybridized carbons (Fsp3) is 0.579. The van der Waals surface area contributed by atoms with Gasteiger partial charge in [-0.2, -0.15) is 0 Å². The van der Waals surface area contributed by atoms with E-state index in [9.17, 15) is 9.59 Å². The molecule has 130 valence electrons. The number of hydrogen-bond acceptors (Lipinski definition) is 3. The Hall–Kier alpha value is -1.88. The van der Waals surface area contributed by atoms with Gasteiger partial charge in [-0.1, -0.05) is 12.1 Å². The zero-order chi connectivity index (χ0) is 17.1. The maximum Gasteiger partial charge on any atom is 0.317 e. The summed E-state index contributed by atoms with van der Waals surface area (Å²) in [6.45, 7) is 1.53. The van der Waals surface area contributed by atoms with Crippen molar-refractivity contribution in [2.75, 3.05) is 26.7 Å². The molecule has 0 aromatic heterocycles. The average molecular weight is 330 g/mol. The fourth-order valence-corrected chi connectivity index (χ4v) is 4.06. The molecule has 0 saturated carbocycles. The molecule has 24 heavy (non-hydrogen) atoms. The molecular weight excluding hydrogens is 304 g/mol. The molecule has 0 bridgehead atoms. The zero-order valence-corrected chi connectivity index (χ0v) is 14.3. The number of amides is 1. The SMILES string of the molecule is CN(CC(=O)O)C1CCCN(C(=O)c2cccc3c2CCC3)CC1. The van der Waals surface area contributed by atoms with Crippen molar-refractivity contribution in [2.45, 2.75) is 44.6 Å². The lowest BCUT2D eigenvalue weighted by atomic mass is 10.0. The van der Waals surface area contributed by atoms with Crippen LogP contribution in [0.3, 0.4) is 0 Å². The van der Waals surface area contributed by atoms with Gasteiger partial charge in [-0.05, 0) is 62.8 Å². The number of nitrogens with zero attached hydrogens (tertiary/aromatic N) is 2. The van der Waals surface area contributed by atoms with Crippen molar-refractivity contribution < 1.29 is 14.7 Å². The van der Waals surface area contributed by atoms with Crippen LogP contribution in [-0.4, -0.2) is 59.5 Å². The van der Waals surface area contributed by atoms with Crippen molar-refractivity contribution >= 4 is 11.9 Å². The molecule has 1 amide bonds. The van der Waals surface area contributed by atoms with Gasteiger partial charge in [0.15, 0.2) is 0 Å². The van der Waals surface area contributed by atoms with E-state index in [0.29, 0.717) is 6.54 Å². The van der Waals surface area contributed by atoms with Gasteiger partial charge >= 0.3 is 5.97 Å². The van der Waals surface area contributed by atoms with Crippen LogP contribution >= 0.6 is 0 Å². The van der Waals surface area contributed by atoms with E-state index in [2.05, 4.69) is 6.07 Å². The molecule has 1 aromatic carbocycles. The van der Waals surface area contributed by atoms with E-state index in [0.717, 1.165) is 50.6 Å². The van der Waals surface area contributed by atoms with Crippen molar-refractivity contribution in [3.63, 3.8) is 0 Å². The van der Waals surface area contributed by atoms with Crippen LogP contribution in [0.25, 0.3) is 0 Å². The second-order valence-electron chi connectivity index (χ2n) is 6.98. The first-order valence-corrected chi connectivity index (χ1v) is 8.88. The number of rotatable bonds is 4. The smallest absolute Gasteiger partial charge is 0.317 e. The Kier molecular flexibility index (Phi) is 5.19. The Bertz CT molecular complexity index is 629. The molecule has 5 nitrogen and oxygen atoms in total. The van der Waals surface area contributed by atoms with Crippen LogP contribution in [-0.2, 0) is 17.6 Å².